The van der Waals surface area contributed by atoms with Gasteiger partial charge in [0.05, 0.1) is 0 Å². The normalized spacial score (nSPS) is 13.1. The maximum absolute atomic E-state index is 12.2. The van der Waals surface area contributed by atoms with Crippen molar-refractivity contribution in [1.29, 1.82) is 0 Å². The Bertz CT molecular complexity index is 651. The summed E-state index contributed by atoms with van der Waals surface area (Å²) in [5.41, 5.74) is 4.46. The highest BCUT2D eigenvalue weighted by Gasteiger charge is 2.13. The fraction of sp³-hybridized carbons (Fsp3) is 0.235. The molecule has 0 aromatic heterocycles. The molecule has 0 aliphatic heterocycles. The summed E-state index contributed by atoms with van der Waals surface area (Å²) in [6, 6.07) is 13.6. The molecule has 0 saturated carbocycles. The molecule has 1 aliphatic rings. The first-order chi connectivity index (χ1) is 9.72. The minimum atomic E-state index is -0.0281. The zero-order valence-corrected chi connectivity index (χ0v) is 11.9. The highest BCUT2D eigenvalue weighted by molar-refractivity contribution is 6.30. The second-order valence-corrected chi connectivity index (χ2v) is 5.59. The standard InChI is InChI=1S/C17H16ClNO/c18-16-6-1-3-12(9-16)11-19-17(20)15-8-7-13-4-2-5-14(13)10-15/h1,3,6-10H,2,4-5,11H2,(H,19,20). The van der Waals surface area contributed by atoms with Gasteiger partial charge in [0.15, 0.2) is 0 Å². The van der Waals surface area contributed by atoms with E-state index >= 15 is 0 Å². The Morgan fingerprint density at radius 1 is 1.10 bits per heavy atom. The third kappa shape index (κ3) is 2.86. The van der Waals surface area contributed by atoms with Crippen molar-refractivity contribution in [3.05, 3.63) is 69.7 Å². The van der Waals surface area contributed by atoms with Crippen LogP contribution in [0.15, 0.2) is 42.5 Å². The molecule has 1 aliphatic carbocycles. The van der Waals surface area contributed by atoms with E-state index in [0.29, 0.717) is 11.6 Å². The van der Waals surface area contributed by atoms with Gasteiger partial charge in [0, 0.05) is 17.1 Å². The van der Waals surface area contributed by atoms with Crippen LogP contribution in [-0.2, 0) is 19.4 Å². The second kappa shape index (κ2) is 5.68. The molecule has 2 aromatic carbocycles. The molecule has 2 aromatic rings. The smallest absolute Gasteiger partial charge is 0.251 e. The van der Waals surface area contributed by atoms with Crippen molar-refractivity contribution in [3.8, 4) is 0 Å². The zero-order chi connectivity index (χ0) is 13.9. The van der Waals surface area contributed by atoms with Gasteiger partial charge in [-0.05, 0) is 60.2 Å². The molecule has 20 heavy (non-hydrogen) atoms. The summed E-state index contributed by atoms with van der Waals surface area (Å²) in [6.07, 6.45) is 3.42. The van der Waals surface area contributed by atoms with Crippen LogP contribution < -0.4 is 5.32 Å². The first-order valence-electron chi connectivity index (χ1n) is 6.87. The van der Waals surface area contributed by atoms with Crippen LogP contribution in [0.25, 0.3) is 0 Å². The Morgan fingerprint density at radius 2 is 1.95 bits per heavy atom. The van der Waals surface area contributed by atoms with Crippen LogP contribution in [0, 0.1) is 0 Å². The molecule has 3 rings (SSSR count). The molecule has 1 amide bonds. The third-order valence-corrected chi connectivity index (χ3v) is 3.94. The van der Waals surface area contributed by atoms with E-state index in [2.05, 4.69) is 11.4 Å². The van der Waals surface area contributed by atoms with Crippen LogP contribution in [0.1, 0.15) is 33.5 Å². The molecular formula is C17H16ClNO. The molecular weight excluding hydrogens is 270 g/mol. The molecule has 2 nitrogen and oxygen atoms in total. The number of carbonyl (C=O) groups excluding carboxylic acids is 1. The van der Waals surface area contributed by atoms with Crippen LogP contribution in [0.3, 0.4) is 0 Å². The quantitative estimate of drug-likeness (QED) is 0.914. The minimum Gasteiger partial charge on any atom is -0.348 e. The summed E-state index contributed by atoms with van der Waals surface area (Å²) in [5.74, 6) is -0.0281. The summed E-state index contributed by atoms with van der Waals surface area (Å²) in [6.45, 7) is 0.497. The first kappa shape index (κ1) is 13.2. The number of aryl methyl sites for hydroxylation is 2. The Hall–Kier alpha value is -1.80. The Balaban J connectivity index is 1.67. The Kier molecular flexibility index (Phi) is 3.75. The summed E-state index contributed by atoms with van der Waals surface area (Å²) >= 11 is 5.93. The van der Waals surface area contributed by atoms with Crippen molar-refractivity contribution >= 4 is 17.5 Å². The van der Waals surface area contributed by atoms with Crippen molar-refractivity contribution in [1.82, 2.24) is 5.32 Å². The molecule has 0 unspecified atom stereocenters. The lowest BCUT2D eigenvalue weighted by molar-refractivity contribution is 0.0951. The molecule has 0 spiro atoms. The predicted molar refractivity (Wildman–Crippen MR) is 81.1 cm³/mol. The molecule has 0 heterocycles. The lowest BCUT2D eigenvalue weighted by atomic mass is 10.1. The molecule has 3 heteroatoms. The van der Waals surface area contributed by atoms with Gasteiger partial charge in [-0.2, -0.15) is 0 Å². The van der Waals surface area contributed by atoms with Gasteiger partial charge in [0.2, 0.25) is 0 Å². The molecule has 0 fully saturated rings. The summed E-state index contributed by atoms with van der Waals surface area (Å²) in [5, 5.41) is 3.63. The number of halogens is 1. The Morgan fingerprint density at radius 3 is 2.80 bits per heavy atom. The number of hydrogen-bond donors (Lipinski definition) is 1. The highest BCUT2D eigenvalue weighted by Crippen LogP contribution is 2.22. The highest BCUT2D eigenvalue weighted by atomic mass is 35.5. The minimum absolute atomic E-state index is 0.0281. The number of fused-ring (bicyclic) bond motifs is 1. The van der Waals surface area contributed by atoms with Gasteiger partial charge in [-0.1, -0.05) is 29.8 Å². The SMILES string of the molecule is O=C(NCc1cccc(Cl)c1)c1ccc2c(c1)CCC2. The molecule has 0 atom stereocenters. The number of amides is 1. The van der Waals surface area contributed by atoms with E-state index in [1.165, 1.54) is 17.5 Å². The largest absolute Gasteiger partial charge is 0.348 e. The molecule has 0 bridgehead atoms. The number of benzene rings is 2. The van der Waals surface area contributed by atoms with E-state index < -0.39 is 0 Å². The van der Waals surface area contributed by atoms with Gasteiger partial charge in [0.25, 0.3) is 5.91 Å². The molecule has 1 N–H and O–H groups in total. The average Bonchev–Trinajstić information content (AvgIpc) is 2.92. The topological polar surface area (TPSA) is 29.1 Å². The van der Waals surface area contributed by atoms with Gasteiger partial charge in [-0.15, -0.1) is 0 Å². The van der Waals surface area contributed by atoms with Crippen molar-refractivity contribution in [2.24, 2.45) is 0 Å². The van der Waals surface area contributed by atoms with Gasteiger partial charge in [0.1, 0.15) is 0 Å². The van der Waals surface area contributed by atoms with E-state index in [-0.39, 0.29) is 5.91 Å². The van der Waals surface area contributed by atoms with Crippen LogP contribution in [0.4, 0.5) is 0 Å². The van der Waals surface area contributed by atoms with E-state index in [1.54, 1.807) is 0 Å². The van der Waals surface area contributed by atoms with Gasteiger partial charge in [-0.25, -0.2) is 0 Å². The summed E-state index contributed by atoms with van der Waals surface area (Å²) in [4.78, 5) is 12.2. The number of rotatable bonds is 3. The first-order valence-corrected chi connectivity index (χ1v) is 7.24. The fourth-order valence-electron chi connectivity index (χ4n) is 2.64. The fourth-order valence-corrected chi connectivity index (χ4v) is 2.86. The maximum Gasteiger partial charge on any atom is 0.251 e. The number of carbonyl (C=O) groups is 1. The van der Waals surface area contributed by atoms with Gasteiger partial charge < -0.3 is 5.32 Å². The molecule has 0 radical (unpaired) electrons. The number of nitrogens with one attached hydrogen (secondary N) is 1. The molecule has 102 valence electrons. The zero-order valence-electron chi connectivity index (χ0n) is 11.2. The van der Waals surface area contributed by atoms with Crippen LogP contribution >= 0.6 is 11.6 Å². The Labute approximate surface area is 123 Å². The van der Waals surface area contributed by atoms with Gasteiger partial charge >= 0.3 is 0 Å². The predicted octanol–water partition coefficient (Wildman–Crippen LogP) is 3.76. The maximum atomic E-state index is 12.2. The summed E-state index contributed by atoms with van der Waals surface area (Å²) < 4.78 is 0. The van der Waals surface area contributed by atoms with Crippen LogP contribution in [-0.4, -0.2) is 5.91 Å². The lowest BCUT2D eigenvalue weighted by Gasteiger charge is -2.07. The van der Waals surface area contributed by atoms with Crippen LogP contribution in [0.5, 0.6) is 0 Å². The summed E-state index contributed by atoms with van der Waals surface area (Å²) in [7, 11) is 0. The van der Waals surface area contributed by atoms with Crippen molar-refractivity contribution < 1.29 is 4.79 Å². The van der Waals surface area contributed by atoms with E-state index in [4.69, 9.17) is 11.6 Å². The monoisotopic (exact) mass is 285 g/mol. The van der Waals surface area contributed by atoms with Crippen molar-refractivity contribution in [2.75, 3.05) is 0 Å². The van der Waals surface area contributed by atoms with Crippen molar-refractivity contribution in [3.63, 3.8) is 0 Å². The number of hydrogen-bond acceptors (Lipinski definition) is 1. The van der Waals surface area contributed by atoms with Crippen molar-refractivity contribution in [2.45, 2.75) is 25.8 Å². The second-order valence-electron chi connectivity index (χ2n) is 5.15. The van der Waals surface area contributed by atoms with E-state index in [1.807, 2.05) is 36.4 Å². The molecule has 0 saturated heterocycles. The van der Waals surface area contributed by atoms with Crippen LogP contribution in [0.2, 0.25) is 5.02 Å². The average molecular weight is 286 g/mol. The van der Waals surface area contributed by atoms with Gasteiger partial charge in [-0.3, -0.25) is 4.79 Å². The van der Waals surface area contributed by atoms with E-state index in [9.17, 15) is 4.79 Å². The van der Waals surface area contributed by atoms with E-state index in [0.717, 1.165) is 24.0 Å². The third-order valence-electron chi connectivity index (χ3n) is 3.70. The lowest BCUT2D eigenvalue weighted by Crippen LogP contribution is -2.22.